The number of hydrogen-bond acceptors (Lipinski definition) is 2. The van der Waals surface area contributed by atoms with Gasteiger partial charge in [-0.15, -0.1) is 0 Å². The van der Waals surface area contributed by atoms with Crippen molar-refractivity contribution in [3.63, 3.8) is 0 Å². The van der Waals surface area contributed by atoms with E-state index in [1.807, 2.05) is 39.1 Å². The molecule has 3 nitrogen and oxygen atoms in total. The maximum Gasteiger partial charge on any atom is 0.258 e. The van der Waals surface area contributed by atoms with Crippen molar-refractivity contribution < 1.29 is 0 Å². The van der Waals surface area contributed by atoms with Crippen LogP contribution in [-0.2, 0) is 0 Å². The fraction of sp³-hybridized carbons (Fsp3) is 0.231. The Hall–Kier alpha value is -1.90. The summed E-state index contributed by atoms with van der Waals surface area (Å²) in [6.45, 7) is 5.85. The van der Waals surface area contributed by atoms with E-state index in [0.717, 1.165) is 22.4 Å². The van der Waals surface area contributed by atoms with E-state index >= 15 is 0 Å². The highest BCUT2D eigenvalue weighted by atomic mass is 16.1. The maximum absolute atomic E-state index is 12.1. The van der Waals surface area contributed by atoms with Crippen molar-refractivity contribution in [3.05, 3.63) is 57.8 Å². The van der Waals surface area contributed by atoms with Gasteiger partial charge in [0, 0.05) is 24.2 Å². The Morgan fingerprint density at radius 1 is 1.06 bits per heavy atom. The topological polar surface area (TPSA) is 34.9 Å². The lowest BCUT2D eigenvalue weighted by molar-refractivity contribution is 0.939. The number of hydrogen-bond donors (Lipinski definition) is 0. The highest BCUT2D eigenvalue weighted by molar-refractivity contribution is 5.36. The summed E-state index contributed by atoms with van der Waals surface area (Å²) < 4.78 is 1.67. The van der Waals surface area contributed by atoms with Gasteiger partial charge in [0.15, 0.2) is 0 Å². The molecule has 0 amide bonds. The van der Waals surface area contributed by atoms with Crippen LogP contribution in [0.5, 0.6) is 0 Å². The molecule has 0 atom stereocenters. The molecule has 0 spiro atoms. The summed E-state index contributed by atoms with van der Waals surface area (Å²) in [5, 5.41) is 0. The van der Waals surface area contributed by atoms with Crippen molar-refractivity contribution in [1.29, 1.82) is 0 Å². The second-order valence-corrected chi connectivity index (χ2v) is 3.94. The molecule has 3 heteroatoms. The van der Waals surface area contributed by atoms with Crippen LogP contribution in [0, 0.1) is 20.8 Å². The zero-order valence-electron chi connectivity index (χ0n) is 9.69. The van der Waals surface area contributed by atoms with Crippen LogP contribution in [-0.4, -0.2) is 9.55 Å². The number of rotatable bonds is 1. The van der Waals surface area contributed by atoms with E-state index in [9.17, 15) is 4.79 Å². The van der Waals surface area contributed by atoms with Gasteiger partial charge in [0.2, 0.25) is 0 Å². The minimum Gasteiger partial charge on any atom is -0.284 e. The molecule has 0 radical (unpaired) electrons. The first-order valence-corrected chi connectivity index (χ1v) is 5.21. The molecule has 2 aromatic heterocycles. The zero-order valence-corrected chi connectivity index (χ0v) is 9.69. The summed E-state index contributed by atoms with van der Waals surface area (Å²) in [5.41, 5.74) is 3.88. The molecule has 2 rings (SSSR count). The summed E-state index contributed by atoms with van der Waals surface area (Å²) in [4.78, 5) is 16.0. The molecule has 0 aromatic carbocycles. The van der Waals surface area contributed by atoms with Gasteiger partial charge in [0.05, 0.1) is 5.69 Å². The summed E-state index contributed by atoms with van der Waals surface area (Å²) in [6.07, 6.45) is 5.25. The van der Waals surface area contributed by atoms with Crippen molar-refractivity contribution in [1.82, 2.24) is 9.55 Å². The first kappa shape index (κ1) is 10.6. The third kappa shape index (κ3) is 1.65. The fourth-order valence-corrected chi connectivity index (χ4v) is 1.68. The standard InChI is InChI=1S/C13H14N2O/c1-9-8-15(12-4-6-14-7-5-12)13(16)11(3)10(9)2/h4-8H,1-3H3. The molecule has 0 bridgehead atoms. The smallest absolute Gasteiger partial charge is 0.258 e. The largest absolute Gasteiger partial charge is 0.284 e. The number of aromatic nitrogens is 2. The normalized spacial score (nSPS) is 10.4. The van der Waals surface area contributed by atoms with Crippen LogP contribution in [0.4, 0.5) is 0 Å². The molecule has 2 heterocycles. The monoisotopic (exact) mass is 214 g/mol. The average molecular weight is 214 g/mol. The average Bonchev–Trinajstić information content (AvgIpc) is 2.32. The highest BCUT2D eigenvalue weighted by Gasteiger charge is 2.07. The van der Waals surface area contributed by atoms with Gasteiger partial charge in [-0.05, 0) is 44.0 Å². The molecular weight excluding hydrogens is 200 g/mol. The summed E-state index contributed by atoms with van der Waals surface area (Å²) in [7, 11) is 0. The molecule has 16 heavy (non-hydrogen) atoms. The van der Waals surface area contributed by atoms with Gasteiger partial charge in [-0.25, -0.2) is 0 Å². The second-order valence-electron chi connectivity index (χ2n) is 3.94. The van der Waals surface area contributed by atoms with Crippen molar-refractivity contribution in [2.75, 3.05) is 0 Å². The van der Waals surface area contributed by atoms with Gasteiger partial charge in [-0.2, -0.15) is 0 Å². The fourth-order valence-electron chi connectivity index (χ4n) is 1.68. The lowest BCUT2D eigenvalue weighted by Crippen LogP contribution is -2.22. The minimum absolute atomic E-state index is 0.0364. The predicted octanol–water partition coefficient (Wildman–Crippen LogP) is 2.16. The SMILES string of the molecule is Cc1cn(-c2ccncc2)c(=O)c(C)c1C. The third-order valence-corrected chi connectivity index (χ3v) is 2.96. The Labute approximate surface area is 94.4 Å². The van der Waals surface area contributed by atoms with Crippen molar-refractivity contribution >= 4 is 0 Å². The van der Waals surface area contributed by atoms with Crippen molar-refractivity contribution in [2.45, 2.75) is 20.8 Å². The van der Waals surface area contributed by atoms with E-state index in [-0.39, 0.29) is 5.56 Å². The first-order valence-electron chi connectivity index (χ1n) is 5.21. The molecule has 82 valence electrons. The van der Waals surface area contributed by atoms with Gasteiger partial charge in [0.1, 0.15) is 0 Å². The van der Waals surface area contributed by atoms with Gasteiger partial charge < -0.3 is 0 Å². The lowest BCUT2D eigenvalue weighted by Gasteiger charge is -2.10. The van der Waals surface area contributed by atoms with E-state index in [0.29, 0.717) is 0 Å². The molecule has 2 aromatic rings. The molecule has 0 saturated heterocycles. The quantitative estimate of drug-likeness (QED) is 0.729. The van der Waals surface area contributed by atoms with Crippen LogP contribution in [0.2, 0.25) is 0 Å². The molecule has 0 saturated carbocycles. The van der Waals surface area contributed by atoms with Crippen molar-refractivity contribution in [2.24, 2.45) is 0 Å². The molecule has 0 fully saturated rings. The highest BCUT2D eigenvalue weighted by Crippen LogP contribution is 2.10. The van der Waals surface area contributed by atoms with Gasteiger partial charge in [0.25, 0.3) is 5.56 Å². The summed E-state index contributed by atoms with van der Waals surface area (Å²) in [5.74, 6) is 0. The first-order chi connectivity index (χ1) is 7.61. The van der Waals surface area contributed by atoms with Crippen LogP contribution < -0.4 is 5.56 Å². The zero-order chi connectivity index (χ0) is 11.7. The number of aryl methyl sites for hydroxylation is 1. The summed E-state index contributed by atoms with van der Waals surface area (Å²) >= 11 is 0. The molecule has 0 aliphatic rings. The van der Waals surface area contributed by atoms with Crippen LogP contribution >= 0.6 is 0 Å². The number of pyridine rings is 2. The second kappa shape index (κ2) is 3.93. The predicted molar refractivity (Wildman–Crippen MR) is 64.0 cm³/mol. The van der Waals surface area contributed by atoms with Crippen LogP contribution in [0.25, 0.3) is 5.69 Å². The molecule has 0 unspecified atom stereocenters. The molecule has 0 aliphatic heterocycles. The van der Waals surface area contributed by atoms with E-state index in [4.69, 9.17) is 0 Å². The Morgan fingerprint density at radius 2 is 1.69 bits per heavy atom. The van der Waals surface area contributed by atoms with Crippen molar-refractivity contribution in [3.8, 4) is 5.69 Å². The van der Waals surface area contributed by atoms with Gasteiger partial charge in [-0.1, -0.05) is 0 Å². The van der Waals surface area contributed by atoms with Crippen LogP contribution in [0.15, 0.2) is 35.5 Å². The van der Waals surface area contributed by atoms with E-state index in [2.05, 4.69) is 4.98 Å². The molecule has 0 aliphatic carbocycles. The van der Waals surface area contributed by atoms with Crippen LogP contribution in [0.1, 0.15) is 16.7 Å². The maximum atomic E-state index is 12.1. The Balaban J connectivity index is 2.73. The Bertz CT molecular complexity index is 570. The molecule has 0 N–H and O–H groups in total. The summed E-state index contributed by atoms with van der Waals surface area (Å²) in [6, 6.07) is 3.66. The Kier molecular flexibility index (Phi) is 2.60. The van der Waals surface area contributed by atoms with Gasteiger partial charge >= 0.3 is 0 Å². The molecular formula is C13H14N2O. The van der Waals surface area contributed by atoms with E-state index < -0.39 is 0 Å². The Morgan fingerprint density at radius 3 is 2.31 bits per heavy atom. The number of nitrogens with zero attached hydrogens (tertiary/aromatic N) is 2. The van der Waals surface area contributed by atoms with Gasteiger partial charge in [-0.3, -0.25) is 14.3 Å². The minimum atomic E-state index is 0.0364. The van der Waals surface area contributed by atoms with Crippen LogP contribution in [0.3, 0.4) is 0 Å². The van der Waals surface area contributed by atoms with E-state index in [1.54, 1.807) is 17.0 Å². The third-order valence-electron chi connectivity index (χ3n) is 2.96. The van der Waals surface area contributed by atoms with E-state index in [1.165, 1.54) is 0 Å². The lowest BCUT2D eigenvalue weighted by atomic mass is 10.1.